The van der Waals surface area contributed by atoms with Gasteiger partial charge in [-0.3, -0.25) is 4.98 Å². The zero-order valence-corrected chi connectivity index (χ0v) is 7.57. The lowest BCUT2D eigenvalue weighted by molar-refractivity contribution is 1.40. The third kappa shape index (κ3) is 1.45. The summed E-state index contributed by atoms with van der Waals surface area (Å²) in [6.07, 6.45) is 5.99. The van der Waals surface area contributed by atoms with Crippen molar-refractivity contribution >= 4 is 17.0 Å². The van der Waals surface area contributed by atoms with Crippen LogP contribution in [-0.4, -0.2) is 4.98 Å². The van der Waals surface area contributed by atoms with E-state index in [2.05, 4.69) is 17.1 Å². The molecule has 0 aliphatic rings. The average Bonchev–Trinajstić information content (AvgIpc) is 2.19. The van der Waals surface area contributed by atoms with E-state index in [0.717, 1.165) is 5.52 Å². The summed E-state index contributed by atoms with van der Waals surface area (Å²) >= 11 is 0. The second-order valence-corrected chi connectivity index (χ2v) is 2.92. The molecule has 0 N–H and O–H groups in total. The van der Waals surface area contributed by atoms with Gasteiger partial charge in [-0.2, -0.15) is 0 Å². The maximum Gasteiger partial charge on any atom is 0.0707 e. The van der Waals surface area contributed by atoms with Gasteiger partial charge in [0.05, 0.1) is 5.52 Å². The van der Waals surface area contributed by atoms with E-state index in [1.807, 2.05) is 43.5 Å². The van der Waals surface area contributed by atoms with Crippen molar-refractivity contribution in [3.8, 4) is 0 Å². The number of allylic oxidation sites excluding steroid dienone is 1. The van der Waals surface area contributed by atoms with Gasteiger partial charge in [0, 0.05) is 11.6 Å². The summed E-state index contributed by atoms with van der Waals surface area (Å²) in [5.41, 5.74) is 2.28. The molecule has 0 bridgehead atoms. The van der Waals surface area contributed by atoms with Crippen molar-refractivity contribution < 1.29 is 0 Å². The highest BCUT2D eigenvalue weighted by Gasteiger charge is 1.95. The Morgan fingerprint density at radius 1 is 1.15 bits per heavy atom. The number of para-hydroxylation sites is 1. The normalized spacial score (nSPS) is 11.2. The Hall–Kier alpha value is -1.63. The van der Waals surface area contributed by atoms with Crippen molar-refractivity contribution in [3.63, 3.8) is 0 Å². The molecule has 0 saturated heterocycles. The Balaban J connectivity index is 2.75. The number of hydrogen-bond acceptors (Lipinski definition) is 1. The fourth-order valence-corrected chi connectivity index (χ4v) is 1.44. The van der Waals surface area contributed by atoms with Gasteiger partial charge in [-0.1, -0.05) is 30.4 Å². The average molecular weight is 169 g/mol. The van der Waals surface area contributed by atoms with Crippen molar-refractivity contribution in [1.82, 2.24) is 4.98 Å². The lowest BCUT2D eigenvalue weighted by Gasteiger charge is -1.99. The molecule has 1 heterocycles. The lowest BCUT2D eigenvalue weighted by atomic mass is 10.1. The third-order valence-electron chi connectivity index (χ3n) is 2.03. The Morgan fingerprint density at radius 2 is 2.00 bits per heavy atom. The minimum Gasteiger partial charge on any atom is -0.256 e. The molecule has 0 radical (unpaired) electrons. The second kappa shape index (κ2) is 3.40. The predicted octanol–water partition coefficient (Wildman–Crippen LogP) is 3.27. The first-order valence-electron chi connectivity index (χ1n) is 4.38. The molecule has 1 nitrogen and oxygen atoms in total. The first-order valence-corrected chi connectivity index (χ1v) is 4.38. The molecule has 64 valence electrons. The van der Waals surface area contributed by atoms with Crippen molar-refractivity contribution in [1.29, 1.82) is 0 Å². The highest BCUT2D eigenvalue weighted by molar-refractivity contribution is 5.87. The summed E-state index contributed by atoms with van der Waals surface area (Å²) in [7, 11) is 0. The molecular formula is C12H11N. The third-order valence-corrected chi connectivity index (χ3v) is 2.03. The van der Waals surface area contributed by atoms with Crippen LogP contribution in [0.4, 0.5) is 0 Å². The molecule has 0 fully saturated rings. The van der Waals surface area contributed by atoms with Gasteiger partial charge in [-0.25, -0.2) is 0 Å². The standard InChI is InChI=1S/C12H11N/c1-2-5-10-8-9-13-12-7-4-3-6-11(10)12/h2-9H,1H3/b5-2+. The van der Waals surface area contributed by atoms with E-state index in [1.165, 1.54) is 10.9 Å². The second-order valence-electron chi connectivity index (χ2n) is 2.92. The number of fused-ring (bicyclic) bond motifs is 1. The van der Waals surface area contributed by atoms with Gasteiger partial charge >= 0.3 is 0 Å². The van der Waals surface area contributed by atoms with Crippen molar-refractivity contribution in [2.45, 2.75) is 6.92 Å². The van der Waals surface area contributed by atoms with E-state index >= 15 is 0 Å². The molecule has 13 heavy (non-hydrogen) atoms. The van der Waals surface area contributed by atoms with Crippen LogP contribution in [0.2, 0.25) is 0 Å². The molecule has 0 atom stereocenters. The highest BCUT2D eigenvalue weighted by atomic mass is 14.6. The number of benzene rings is 1. The molecule has 0 unspecified atom stereocenters. The van der Waals surface area contributed by atoms with Crippen LogP contribution in [0.1, 0.15) is 12.5 Å². The highest BCUT2D eigenvalue weighted by Crippen LogP contribution is 2.16. The SMILES string of the molecule is C/C=C/c1ccnc2ccccc12. The van der Waals surface area contributed by atoms with Gasteiger partial charge in [0.1, 0.15) is 0 Å². The first kappa shape index (κ1) is 7.99. The number of nitrogens with zero attached hydrogens (tertiary/aromatic N) is 1. The fraction of sp³-hybridized carbons (Fsp3) is 0.0833. The zero-order chi connectivity index (χ0) is 9.10. The molecule has 0 spiro atoms. The molecule has 2 aromatic rings. The van der Waals surface area contributed by atoms with Gasteiger partial charge in [-0.05, 0) is 24.6 Å². The van der Waals surface area contributed by atoms with Gasteiger partial charge < -0.3 is 0 Å². The summed E-state index contributed by atoms with van der Waals surface area (Å²) in [5.74, 6) is 0. The molecule has 1 heteroatoms. The molecule has 2 rings (SSSR count). The number of pyridine rings is 1. The Labute approximate surface area is 77.7 Å². The topological polar surface area (TPSA) is 12.9 Å². The van der Waals surface area contributed by atoms with Crippen LogP contribution >= 0.6 is 0 Å². The molecule has 0 aliphatic heterocycles. The van der Waals surface area contributed by atoms with Gasteiger partial charge in [0.25, 0.3) is 0 Å². The minimum atomic E-state index is 1.05. The Morgan fingerprint density at radius 3 is 2.85 bits per heavy atom. The van der Waals surface area contributed by atoms with Crippen LogP contribution in [0, 0.1) is 0 Å². The van der Waals surface area contributed by atoms with Crippen molar-refractivity contribution in [2.24, 2.45) is 0 Å². The maximum atomic E-state index is 4.29. The van der Waals surface area contributed by atoms with E-state index < -0.39 is 0 Å². The first-order chi connectivity index (χ1) is 6.42. The molecule has 1 aromatic heterocycles. The van der Waals surface area contributed by atoms with Crippen LogP contribution in [0.15, 0.2) is 42.6 Å². The summed E-state index contributed by atoms with van der Waals surface area (Å²) in [4.78, 5) is 4.29. The maximum absolute atomic E-state index is 4.29. The number of aromatic nitrogens is 1. The van der Waals surface area contributed by atoms with Crippen LogP contribution in [0.25, 0.3) is 17.0 Å². The quantitative estimate of drug-likeness (QED) is 0.638. The summed E-state index contributed by atoms with van der Waals surface area (Å²) in [6, 6.07) is 10.2. The lowest BCUT2D eigenvalue weighted by Crippen LogP contribution is -1.80. The van der Waals surface area contributed by atoms with Crippen molar-refractivity contribution in [3.05, 3.63) is 48.2 Å². The van der Waals surface area contributed by atoms with Crippen molar-refractivity contribution in [2.75, 3.05) is 0 Å². The van der Waals surface area contributed by atoms with Crippen LogP contribution in [0.3, 0.4) is 0 Å². The predicted molar refractivity (Wildman–Crippen MR) is 56.5 cm³/mol. The molecule has 0 saturated carbocycles. The summed E-state index contributed by atoms with van der Waals surface area (Å²) in [5, 5.41) is 1.21. The van der Waals surface area contributed by atoms with E-state index in [4.69, 9.17) is 0 Å². The van der Waals surface area contributed by atoms with Crippen LogP contribution in [-0.2, 0) is 0 Å². The molecule has 0 amide bonds. The Bertz CT molecular complexity index is 438. The van der Waals surface area contributed by atoms with Gasteiger partial charge in [0.15, 0.2) is 0 Å². The van der Waals surface area contributed by atoms with E-state index in [-0.39, 0.29) is 0 Å². The monoisotopic (exact) mass is 169 g/mol. The summed E-state index contributed by atoms with van der Waals surface area (Å²) < 4.78 is 0. The van der Waals surface area contributed by atoms with E-state index in [9.17, 15) is 0 Å². The molecule has 1 aromatic carbocycles. The van der Waals surface area contributed by atoms with E-state index in [0.29, 0.717) is 0 Å². The van der Waals surface area contributed by atoms with Crippen LogP contribution in [0.5, 0.6) is 0 Å². The Kier molecular flexibility index (Phi) is 2.09. The number of rotatable bonds is 1. The zero-order valence-electron chi connectivity index (χ0n) is 7.57. The molecule has 0 aliphatic carbocycles. The smallest absolute Gasteiger partial charge is 0.0707 e. The summed E-state index contributed by atoms with van der Waals surface area (Å²) in [6.45, 7) is 2.02. The number of hydrogen-bond donors (Lipinski definition) is 0. The van der Waals surface area contributed by atoms with Crippen LogP contribution < -0.4 is 0 Å². The minimum absolute atomic E-state index is 1.05. The fourth-order valence-electron chi connectivity index (χ4n) is 1.44. The largest absolute Gasteiger partial charge is 0.256 e. The van der Waals surface area contributed by atoms with Gasteiger partial charge in [-0.15, -0.1) is 0 Å². The molecular weight excluding hydrogens is 158 g/mol. The van der Waals surface area contributed by atoms with Gasteiger partial charge in [0.2, 0.25) is 0 Å². The van der Waals surface area contributed by atoms with E-state index in [1.54, 1.807) is 0 Å².